The van der Waals surface area contributed by atoms with E-state index in [2.05, 4.69) is 4.90 Å². The molecule has 0 aliphatic rings. The van der Waals surface area contributed by atoms with E-state index >= 15 is 0 Å². The molecule has 0 saturated heterocycles. The van der Waals surface area contributed by atoms with Crippen LogP contribution in [0.25, 0.3) is 0 Å². The third kappa shape index (κ3) is 10.5. The van der Waals surface area contributed by atoms with Crippen molar-refractivity contribution in [3.63, 3.8) is 0 Å². The third-order valence-electron chi connectivity index (χ3n) is 1.46. The zero-order valence-electron chi connectivity index (χ0n) is 7.59. The molecule has 0 aromatic heterocycles. The van der Waals surface area contributed by atoms with Crippen LogP contribution in [0.5, 0.6) is 0 Å². The Morgan fingerprint density at radius 1 is 1.36 bits per heavy atom. The quantitative estimate of drug-likeness (QED) is 0.631. The van der Waals surface area contributed by atoms with Crippen molar-refractivity contribution >= 4 is 20.2 Å². The van der Waals surface area contributed by atoms with Gasteiger partial charge in [0.2, 0.25) is 0 Å². The van der Waals surface area contributed by atoms with Crippen LogP contribution in [0.1, 0.15) is 13.3 Å². The number of nitrogens with zero attached hydrogens (tertiary/aromatic N) is 1. The molecule has 70 valence electrons. The van der Waals surface area contributed by atoms with Gasteiger partial charge in [0.05, 0.1) is 7.80 Å². The minimum absolute atomic E-state index is 0. The van der Waals surface area contributed by atoms with Gasteiger partial charge in [-0.1, -0.05) is 6.92 Å². The first kappa shape index (κ1) is 14.0. The summed E-state index contributed by atoms with van der Waals surface area (Å²) in [7, 11) is 2.89. The van der Waals surface area contributed by atoms with E-state index in [1.165, 1.54) is 0 Å². The van der Waals surface area contributed by atoms with E-state index in [4.69, 9.17) is 0 Å². The van der Waals surface area contributed by atoms with Crippen LogP contribution in [0.15, 0.2) is 0 Å². The lowest BCUT2D eigenvalue weighted by molar-refractivity contribution is 0.409. The van der Waals surface area contributed by atoms with Gasteiger partial charge in [0.15, 0.2) is 0 Å². The normalized spacial score (nSPS) is 12.7. The molecule has 0 bridgehead atoms. The van der Waals surface area contributed by atoms with Crippen molar-refractivity contribution in [3.8, 4) is 0 Å². The lowest BCUT2D eigenvalue weighted by Gasteiger charge is -2.07. The number of rotatable bonds is 5. The van der Waals surface area contributed by atoms with Crippen molar-refractivity contribution in [3.05, 3.63) is 0 Å². The molecule has 0 rings (SSSR count). The highest BCUT2D eigenvalue weighted by Gasteiger charge is 1.95. The standard InChI is InChI=1S/C7H18NOP.ClH/c1-4-10(9)7-5-6-8(2)3;/h10H,4-7H2,1-3H3;1H. The topological polar surface area (TPSA) is 20.3 Å². The van der Waals surface area contributed by atoms with Crippen LogP contribution in [0, 0.1) is 0 Å². The average molecular weight is 200 g/mol. The maximum atomic E-state index is 11.0. The van der Waals surface area contributed by atoms with Gasteiger partial charge in [-0.15, -0.1) is 12.4 Å². The molecule has 0 fully saturated rings. The molecule has 4 heteroatoms. The summed E-state index contributed by atoms with van der Waals surface area (Å²) in [6.45, 7) is 3.06. The molecular weight excluding hydrogens is 181 g/mol. The van der Waals surface area contributed by atoms with E-state index in [0.717, 1.165) is 25.3 Å². The van der Waals surface area contributed by atoms with Crippen LogP contribution < -0.4 is 0 Å². The Labute approximate surface area is 76.5 Å². The van der Waals surface area contributed by atoms with E-state index < -0.39 is 7.80 Å². The zero-order chi connectivity index (χ0) is 7.98. The van der Waals surface area contributed by atoms with Crippen molar-refractivity contribution in [2.45, 2.75) is 13.3 Å². The van der Waals surface area contributed by atoms with Gasteiger partial charge in [-0.3, -0.25) is 0 Å². The summed E-state index contributed by atoms with van der Waals surface area (Å²) in [4.78, 5) is 2.13. The number of hydrogen-bond donors (Lipinski definition) is 0. The van der Waals surface area contributed by atoms with E-state index in [1.807, 2.05) is 21.0 Å². The highest BCUT2D eigenvalue weighted by Crippen LogP contribution is 2.19. The maximum Gasteiger partial charge on any atom is 0.0760 e. The zero-order valence-corrected chi connectivity index (χ0v) is 9.41. The van der Waals surface area contributed by atoms with Crippen molar-refractivity contribution in [1.82, 2.24) is 4.90 Å². The van der Waals surface area contributed by atoms with Crippen LogP contribution in [-0.4, -0.2) is 37.9 Å². The van der Waals surface area contributed by atoms with Gasteiger partial charge >= 0.3 is 0 Å². The summed E-state index contributed by atoms with van der Waals surface area (Å²) in [5, 5.41) is 0. The summed E-state index contributed by atoms with van der Waals surface area (Å²) < 4.78 is 11.0. The summed E-state index contributed by atoms with van der Waals surface area (Å²) >= 11 is 0. The fraction of sp³-hybridized carbons (Fsp3) is 1.00. The fourth-order valence-electron chi connectivity index (χ4n) is 0.769. The van der Waals surface area contributed by atoms with Crippen LogP contribution >= 0.6 is 20.2 Å². The highest BCUT2D eigenvalue weighted by molar-refractivity contribution is 7.44. The van der Waals surface area contributed by atoms with Gasteiger partial charge in [-0.25, -0.2) is 0 Å². The van der Waals surface area contributed by atoms with Crippen molar-refractivity contribution < 1.29 is 4.57 Å². The Morgan fingerprint density at radius 3 is 2.27 bits per heavy atom. The van der Waals surface area contributed by atoms with Crippen molar-refractivity contribution in [2.75, 3.05) is 33.0 Å². The van der Waals surface area contributed by atoms with Gasteiger partial charge in [0.25, 0.3) is 0 Å². The average Bonchev–Trinajstić information content (AvgIpc) is 1.87. The predicted octanol–water partition coefficient (Wildman–Crippen LogP) is 1.94. The van der Waals surface area contributed by atoms with E-state index in [0.29, 0.717) is 0 Å². The van der Waals surface area contributed by atoms with Crippen LogP contribution in [0.4, 0.5) is 0 Å². The fourth-order valence-corrected chi connectivity index (χ4v) is 1.68. The van der Waals surface area contributed by atoms with E-state index in [9.17, 15) is 4.57 Å². The predicted molar refractivity (Wildman–Crippen MR) is 54.8 cm³/mol. The van der Waals surface area contributed by atoms with Gasteiger partial charge < -0.3 is 9.46 Å². The Balaban J connectivity index is 0. The Kier molecular flexibility index (Phi) is 10.9. The molecule has 0 aromatic rings. The molecule has 0 radical (unpaired) electrons. The molecule has 1 unspecified atom stereocenters. The molecule has 11 heavy (non-hydrogen) atoms. The monoisotopic (exact) mass is 199 g/mol. The lowest BCUT2D eigenvalue weighted by Crippen LogP contribution is -2.13. The Bertz CT molecular complexity index is 109. The van der Waals surface area contributed by atoms with Gasteiger partial charge in [0.1, 0.15) is 0 Å². The number of halogens is 1. The summed E-state index contributed by atoms with van der Waals surface area (Å²) in [5.74, 6) is 0. The lowest BCUT2D eigenvalue weighted by atomic mass is 10.5. The largest absolute Gasteiger partial charge is 0.327 e. The summed E-state index contributed by atoms with van der Waals surface area (Å²) in [6, 6.07) is 0. The van der Waals surface area contributed by atoms with Gasteiger partial charge in [-0.05, 0) is 39.4 Å². The van der Waals surface area contributed by atoms with Gasteiger partial charge in [-0.2, -0.15) is 0 Å². The molecule has 0 spiro atoms. The minimum atomic E-state index is -1.20. The van der Waals surface area contributed by atoms with Crippen molar-refractivity contribution in [1.29, 1.82) is 0 Å². The second kappa shape index (κ2) is 8.58. The van der Waals surface area contributed by atoms with Crippen LogP contribution in [0.2, 0.25) is 0 Å². The first-order valence-corrected chi connectivity index (χ1v) is 5.65. The van der Waals surface area contributed by atoms with Crippen LogP contribution in [-0.2, 0) is 4.57 Å². The van der Waals surface area contributed by atoms with E-state index in [1.54, 1.807) is 0 Å². The van der Waals surface area contributed by atoms with Crippen LogP contribution in [0.3, 0.4) is 0 Å². The first-order chi connectivity index (χ1) is 4.66. The van der Waals surface area contributed by atoms with Gasteiger partial charge in [0, 0.05) is 0 Å². The molecule has 0 aromatic carbocycles. The summed E-state index contributed by atoms with van der Waals surface area (Å²) in [5.41, 5.74) is 0. The summed E-state index contributed by atoms with van der Waals surface area (Å²) in [6.07, 6.45) is 2.88. The molecule has 0 aliphatic heterocycles. The highest BCUT2D eigenvalue weighted by atomic mass is 35.5. The Morgan fingerprint density at radius 2 is 1.91 bits per heavy atom. The number of hydrogen-bond acceptors (Lipinski definition) is 2. The maximum absolute atomic E-state index is 11.0. The SMILES string of the molecule is CC[PH](=O)CCCN(C)C.Cl. The smallest absolute Gasteiger partial charge is 0.0760 e. The first-order valence-electron chi connectivity index (χ1n) is 3.83. The minimum Gasteiger partial charge on any atom is -0.327 e. The molecule has 2 nitrogen and oxygen atoms in total. The second-order valence-electron chi connectivity index (χ2n) is 2.80. The molecule has 0 heterocycles. The third-order valence-corrected chi connectivity index (χ3v) is 3.16. The molecule has 0 amide bonds. The molecule has 0 saturated carbocycles. The van der Waals surface area contributed by atoms with Crippen molar-refractivity contribution in [2.24, 2.45) is 0 Å². The molecule has 0 N–H and O–H groups in total. The Hall–Kier alpha value is 0.480. The molecule has 1 atom stereocenters. The molecule has 0 aliphatic carbocycles. The molecular formula is C7H19ClNOP. The van der Waals surface area contributed by atoms with E-state index in [-0.39, 0.29) is 12.4 Å². The second-order valence-corrected chi connectivity index (χ2v) is 5.08.